The van der Waals surface area contributed by atoms with Crippen LogP contribution in [0.1, 0.15) is 5.56 Å². The molecule has 0 heterocycles. The molecule has 0 aromatic heterocycles. The van der Waals surface area contributed by atoms with E-state index < -0.39 is 11.9 Å². The van der Waals surface area contributed by atoms with Crippen molar-refractivity contribution in [2.75, 3.05) is 13.1 Å². The Labute approximate surface area is 98.3 Å². The third kappa shape index (κ3) is 4.98. The fraction of sp³-hybridized carbons (Fsp3) is 0.273. The van der Waals surface area contributed by atoms with Gasteiger partial charge >= 0.3 is 5.97 Å². The van der Waals surface area contributed by atoms with Crippen molar-refractivity contribution in [1.29, 1.82) is 0 Å². The highest BCUT2D eigenvalue weighted by Crippen LogP contribution is 2.12. The number of hydrogen-bond acceptors (Lipinski definition) is 4. The monoisotopic (exact) mass is 238 g/mol. The minimum atomic E-state index is -1.04. The van der Waals surface area contributed by atoms with Crippen LogP contribution < -0.4 is 5.73 Å². The fourth-order valence-electron chi connectivity index (χ4n) is 1.49. The van der Waals surface area contributed by atoms with Crippen molar-refractivity contribution < 1.29 is 19.8 Å². The number of aromatic hydroxyl groups is 1. The second kappa shape index (κ2) is 5.86. The Bertz CT molecular complexity index is 404. The lowest BCUT2D eigenvalue weighted by molar-refractivity contribution is -0.138. The average Bonchev–Trinajstić information content (AvgIpc) is 2.14. The lowest BCUT2D eigenvalue weighted by atomic mass is 10.2. The topological polar surface area (TPSA) is 104 Å². The molecule has 1 aromatic carbocycles. The maximum atomic E-state index is 10.8. The maximum Gasteiger partial charge on any atom is 0.317 e. The third-order valence-corrected chi connectivity index (χ3v) is 2.06. The van der Waals surface area contributed by atoms with Crippen LogP contribution in [0, 0.1) is 0 Å². The minimum Gasteiger partial charge on any atom is -0.508 e. The standard InChI is InChI=1S/C11H14N2O4/c12-10(15)6-13(7-11(16)17)5-8-2-1-3-9(14)4-8/h1-4,14H,5-7H2,(H2,12,15)(H,16,17). The predicted molar refractivity (Wildman–Crippen MR) is 60.2 cm³/mol. The van der Waals surface area contributed by atoms with Gasteiger partial charge in [-0.3, -0.25) is 14.5 Å². The smallest absolute Gasteiger partial charge is 0.317 e. The number of nitrogens with zero attached hydrogens (tertiary/aromatic N) is 1. The number of hydrogen-bond donors (Lipinski definition) is 3. The quantitative estimate of drug-likeness (QED) is 0.634. The molecule has 6 heteroatoms. The number of carbonyl (C=O) groups is 2. The fourth-order valence-corrected chi connectivity index (χ4v) is 1.49. The molecule has 0 aliphatic heterocycles. The minimum absolute atomic E-state index is 0.0943. The van der Waals surface area contributed by atoms with Gasteiger partial charge in [0.15, 0.2) is 0 Å². The van der Waals surface area contributed by atoms with Crippen molar-refractivity contribution in [2.45, 2.75) is 6.54 Å². The van der Waals surface area contributed by atoms with E-state index in [2.05, 4.69) is 0 Å². The van der Waals surface area contributed by atoms with E-state index >= 15 is 0 Å². The van der Waals surface area contributed by atoms with Gasteiger partial charge in [0.25, 0.3) is 0 Å². The van der Waals surface area contributed by atoms with Crippen LogP contribution in [-0.4, -0.2) is 40.1 Å². The number of primary amides is 1. The Morgan fingerprint density at radius 3 is 2.53 bits per heavy atom. The Morgan fingerprint density at radius 1 is 1.29 bits per heavy atom. The number of benzene rings is 1. The van der Waals surface area contributed by atoms with Gasteiger partial charge in [-0.15, -0.1) is 0 Å². The summed E-state index contributed by atoms with van der Waals surface area (Å²) in [6.45, 7) is -0.176. The van der Waals surface area contributed by atoms with Crippen molar-refractivity contribution in [3.8, 4) is 5.75 Å². The van der Waals surface area contributed by atoms with Crippen LogP contribution in [0.15, 0.2) is 24.3 Å². The van der Waals surface area contributed by atoms with Crippen LogP contribution in [-0.2, 0) is 16.1 Å². The van der Waals surface area contributed by atoms with Crippen LogP contribution in [0.3, 0.4) is 0 Å². The van der Waals surface area contributed by atoms with E-state index in [1.165, 1.54) is 17.0 Å². The molecule has 92 valence electrons. The van der Waals surface area contributed by atoms with Crippen molar-refractivity contribution in [2.24, 2.45) is 5.73 Å². The highest BCUT2D eigenvalue weighted by Gasteiger charge is 2.12. The first-order chi connectivity index (χ1) is 7.97. The van der Waals surface area contributed by atoms with Gasteiger partial charge in [0.05, 0.1) is 13.1 Å². The normalized spacial score (nSPS) is 10.4. The number of carboxylic acid groups (broad SMARTS) is 1. The molecule has 0 bridgehead atoms. The van der Waals surface area contributed by atoms with E-state index in [0.717, 1.165) is 0 Å². The van der Waals surface area contributed by atoms with Gasteiger partial charge in [-0.05, 0) is 17.7 Å². The van der Waals surface area contributed by atoms with Crippen molar-refractivity contribution >= 4 is 11.9 Å². The molecule has 0 aliphatic rings. The van der Waals surface area contributed by atoms with Gasteiger partial charge in [-0.1, -0.05) is 12.1 Å². The summed E-state index contributed by atoms with van der Waals surface area (Å²) in [4.78, 5) is 22.8. The highest BCUT2D eigenvalue weighted by molar-refractivity contribution is 5.77. The summed E-state index contributed by atoms with van der Waals surface area (Å²) >= 11 is 0. The zero-order valence-corrected chi connectivity index (χ0v) is 9.17. The summed E-state index contributed by atoms with van der Waals surface area (Å²) in [6, 6.07) is 6.40. The molecule has 17 heavy (non-hydrogen) atoms. The van der Waals surface area contributed by atoms with E-state index in [1.54, 1.807) is 12.1 Å². The molecule has 0 radical (unpaired) electrons. The lowest BCUT2D eigenvalue weighted by Gasteiger charge is -2.18. The van der Waals surface area contributed by atoms with E-state index in [0.29, 0.717) is 5.56 Å². The summed E-state index contributed by atoms with van der Waals surface area (Å²) < 4.78 is 0. The molecule has 0 aliphatic carbocycles. The molecule has 1 amide bonds. The highest BCUT2D eigenvalue weighted by atomic mass is 16.4. The molecule has 1 rings (SSSR count). The van der Waals surface area contributed by atoms with Crippen LogP contribution in [0.4, 0.5) is 0 Å². The Hall–Kier alpha value is -2.08. The van der Waals surface area contributed by atoms with Crippen LogP contribution in [0.5, 0.6) is 5.75 Å². The molecule has 0 spiro atoms. The number of amides is 1. The third-order valence-electron chi connectivity index (χ3n) is 2.06. The maximum absolute atomic E-state index is 10.8. The summed E-state index contributed by atoms with van der Waals surface area (Å²) in [5, 5.41) is 17.9. The SMILES string of the molecule is NC(=O)CN(CC(=O)O)Cc1cccc(O)c1. The first-order valence-corrected chi connectivity index (χ1v) is 4.97. The number of phenols is 1. The van der Waals surface area contributed by atoms with E-state index in [-0.39, 0.29) is 25.4 Å². The molecule has 0 atom stereocenters. The molecule has 1 aromatic rings. The number of phenolic OH excluding ortho intramolecular Hbond substituents is 1. The lowest BCUT2D eigenvalue weighted by Crippen LogP contribution is -2.36. The average molecular weight is 238 g/mol. The van der Waals surface area contributed by atoms with Crippen LogP contribution in [0.25, 0.3) is 0 Å². The molecule has 0 saturated carbocycles. The van der Waals surface area contributed by atoms with E-state index in [1.807, 2.05) is 0 Å². The summed E-state index contributed by atoms with van der Waals surface area (Å²) in [7, 11) is 0. The van der Waals surface area contributed by atoms with E-state index in [9.17, 15) is 14.7 Å². The molecule has 0 unspecified atom stereocenters. The van der Waals surface area contributed by atoms with Crippen LogP contribution >= 0.6 is 0 Å². The molecule has 6 nitrogen and oxygen atoms in total. The number of aliphatic carboxylic acids is 1. The van der Waals surface area contributed by atoms with Crippen molar-refractivity contribution in [3.63, 3.8) is 0 Å². The molecular formula is C11H14N2O4. The predicted octanol–water partition coefficient (Wildman–Crippen LogP) is -0.236. The largest absolute Gasteiger partial charge is 0.508 e. The number of carbonyl (C=O) groups excluding carboxylic acids is 1. The van der Waals surface area contributed by atoms with Gasteiger partial charge in [-0.2, -0.15) is 0 Å². The van der Waals surface area contributed by atoms with Crippen molar-refractivity contribution in [1.82, 2.24) is 4.90 Å². The summed E-state index contributed by atoms with van der Waals surface area (Å²) in [6.07, 6.45) is 0. The Kier molecular flexibility index (Phi) is 4.47. The van der Waals surface area contributed by atoms with Crippen LogP contribution in [0.2, 0.25) is 0 Å². The summed E-state index contributed by atoms with van der Waals surface area (Å²) in [5.74, 6) is -1.53. The summed E-state index contributed by atoms with van der Waals surface area (Å²) in [5.41, 5.74) is 5.74. The van der Waals surface area contributed by atoms with Gasteiger partial charge in [-0.25, -0.2) is 0 Å². The number of nitrogens with two attached hydrogens (primary N) is 1. The number of carboxylic acids is 1. The van der Waals surface area contributed by atoms with Gasteiger partial charge in [0.1, 0.15) is 5.75 Å². The Balaban J connectivity index is 2.71. The molecule has 0 saturated heterocycles. The van der Waals surface area contributed by atoms with E-state index in [4.69, 9.17) is 10.8 Å². The molecular weight excluding hydrogens is 224 g/mol. The first-order valence-electron chi connectivity index (χ1n) is 4.97. The first kappa shape index (κ1) is 13.0. The Morgan fingerprint density at radius 2 is 2.00 bits per heavy atom. The zero-order chi connectivity index (χ0) is 12.8. The molecule has 0 fully saturated rings. The zero-order valence-electron chi connectivity index (χ0n) is 9.17. The second-order valence-corrected chi connectivity index (χ2v) is 3.68. The molecule has 4 N–H and O–H groups in total. The van der Waals surface area contributed by atoms with Gasteiger partial charge < -0.3 is 15.9 Å². The second-order valence-electron chi connectivity index (χ2n) is 3.68. The number of rotatable bonds is 6. The van der Waals surface area contributed by atoms with Gasteiger partial charge in [0, 0.05) is 6.54 Å². The van der Waals surface area contributed by atoms with Crippen molar-refractivity contribution in [3.05, 3.63) is 29.8 Å². The van der Waals surface area contributed by atoms with Gasteiger partial charge in [0.2, 0.25) is 5.91 Å².